The number of anilines is 1. The van der Waals surface area contributed by atoms with Gasteiger partial charge in [0.05, 0.1) is 17.8 Å². The quantitative estimate of drug-likeness (QED) is 0.856. The van der Waals surface area contributed by atoms with Gasteiger partial charge in [-0.1, -0.05) is 24.3 Å². The number of hydrogen-bond donors (Lipinski definition) is 1. The summed E-state index contributed by atoms with van der Waals surface area (Å²) in [5, 5.41) is 2.77. The van der Waals surface area contributed by atoms with Crippen molar-refractivity contribution in [2.24, 2.45) is 0 Å². The topological polar surface area (TPSA) is 79.0 Å². The minimum atomic E-state index is -0.790. The first kappa shape index (κ1) is 19.1. The van der Waals surface area contributed by atoms with Gasteiger partial charge in [-0.15, -0.1) is 0 Å². The average molecular weight is 397 g/mol. The highest BCUT2D eigenvalue weighted by Gasteiger charge is 2.40. The predicted molar refractivity (Wildman–Crippen MR) is 104 cm³/mol. The van der Waals surface area contributed by atoms with Crippen LogP contribution in [0, 0.1) is 5.82 Å². The van der Waals surface area contributed by atoms with Crippen molar-refractivity contribution in [1.82, 2.24) is 9.80 Å². The molecule has 1 N–H and O–H groups in total. The van der Waals surface area contributed by atoms with Gasteiger partial charge >= 0.3 is 0 Å². The molecule has 1 fully saturated rings. The maximum Gasteiger partial charge on any atom is 0.256 e. The van der Waals surface area contributed by atoms with E-state index >= 15 is 0 Å². The lowest BCUT2D eigenvalue weighted by atomic mass is 10.0. The van der Waals surface area contributed by atoms with Crippen LogP contribution in [0.2, 0.25) is 0 Å². The number of fused-ring (bicyclic) bond motifs is 2. The Kier molecular flexibility index (Phi) is 5.02. The molecule has 3 amide bonds. The Balaban J connectivity index is 1.66. The molecule has 150 valence electrons. The maximum absolute atomic E-state index is 14.2. The van der Waals surface area contributed by atoms with Crippen LogP contribution in [0.1, 0.15) is 10.4 Å². The first-order valence-electron chi connectivity index (χ1n) is 9.27. The van der Waals surface area contributed by atoms with E-state index < -0.39 is 6.04 Å². The van der Waals surface area contributed by atoms with E-state index in [1.807, 2.05) is 0 Å². The molecule has 8 heteroatoms. The number of amides is 3. The van der Waals surface area contributed by atoms with Gasteiger partial charge in [0.1, 0.15) is 18.5 Å². The zero-order valence-corrected chi connectivity index (χ0v) is 15.9. The third-order valence-corrected chi connectivity index (χ3v) is 5.26. The molecule has 0 spiro atoms. The number of rotatable bonds is 3. The Morgan fingerprint density at radius 2 is 1.97 bits per heavy atom. The summed E-state index contributed by atoms with van der Waals surface area (Å²) in [6.45, 7) is 0.582. The molecule has 2 aliphatic heterocycles. The van der Waals surface area contributed by atoms with Gasteiger partial charge in [-0.3, -0.25) is 14.4 Å². The van der Waals surface area contributed by atoms with Gasteiger partial charge < -0.3 is 19.9 Å². The maximum atomic E-state index is 14.2. The van der Waals surface area contributed by atoms with E-state index in [1.165, 1.54) is 23.0 Å². The zero-order valence-electron chi connectivity index (χ0n) is 15.9. The van der Waals surface area contributed by atoms with Crippen LogP contribution < -0.4 is 5.32 Å². The summed E-state index contributed by atoms with van der Waals surface area (Å²) in [5.41, 5.74) is 1.62. The van der Waals surface area contributed by atoms with Gasteiger partial charge in [0.2, 0.25) is 11.8 Å². The molecule has 0 saturated carbocycles. The summed E-state index contributed by atoms with van der Waals surface area (Å²) < 4.78 is 19.1. The Labute approximate surface area is 167 Å². The summed E-state index contributed by atoms with van der Waals surface area (Å²) in [6, 6.07) is 10.4. The van der Waals surface area contributed by atoms with E-state index in [4.69, 9.17) is 4.74 Å². The summed E-state index contributed by atoms with van der Waals surface area (Å²) in [4.78, 5) is 41.1. The van der Waals surface area contributed by atoms with Gasteiger partial charge in [0.25, 0.3) is 5.91 Å². The summed E-state index contributed by atoms with van der Waals surface area (Å²) >= 11 is 0. The third kappa shape index (κ3) is 3.47. The third-order valence-electron chi connectivity index (χ3n) is 5.26. The van der Waals surface area contributed by atoms with Crippen molar-refractivity contribution >= 4 is 23.4 Å². The lowest BCUT2D eigenvalue weighted by Crippen LogP contribution is -2.59. The van der Waals surface area contributed by atoms with E-state index in [2.05, 4.69) is 5.32 Å². The van der Waals surface area contributed by atoms with E-state index in [0.717, 1.165) is 0 Å². The molecule has 0 bridgehead atoms. The standard InChI is InChI=1S/C21H20FN3O4/c1-29-12-19(26)24-8-9-25-18(11-24)20(27)23-17-7-6-13(10-15(17)21(25)28)14-4-2-3-5-16(14)22/h2-7,10,18H,8-9,11-12H2,1H3,(H,23,27). The first-order chi connectivity index (χ1) is 14.0. The fourth-order valence-corrected chi connectivity index (χ4v) is 3.76. The molecule has 0 aromatic heterocycles. The Bertz CT molecular complexity index is 994. The van der Waals surface area contributed by atoms with Crippen LogP contribution in [0.25, 0.3) is 11.1 Å². The molecule has 2 aromatic carbocycles. The fourth-order valence-electron chi connectivity index (χ4n) is 3.76. The van der Waals surface area contributed by atoms with Crippen LogP contribution in [0.5, 0.6) is 0 Å². The minimum Gasteiger partial charge on any atom is -0.375 e. The van der Waals surface area contributed by atoms with Crippen LogP contribution in [0.3, 0.4) is 0 Å². The SMILES string of the molecule is COCC(=O)N1CCN2C(=O)c3cc(-c4ccccc4F)ccc3NC(=O)C2C1. The molecule has 2 aliphatic rings. The van der Waals surface area contributed by atoms with Crippen molar-refractivity contribution in [3.63, 3.8) is 0 Å². The predicted octanol–water partition coefficient (Wildman–Crippen LogP) is 1.74. The zero-order chi connectivity index (χ0) is 20.5. The van der Waals surface area contributed by atoms with Crippen molar-refractivity contribution < 1.29 is 23.5 Å². The highest BCUT2D eigenvalue weighted by Crippen LogP contribution is 2.31. The van der Waals surface area contributed by atoms with Crippen LogP contribution in [-0.2, 0) is 14.3 Å². The van der Waals surface area contributed by atoms with Crippen molar-refractivity contribution in [2.75, 3.05) is 38.7 Å². The van der Waals surface area contributed by atoms with Gasteiger partial charge in [-0.2, -0.15) is 0 Å². The number of hydrogen-bond acceptors (Lipinski definition) is 4. The van der Waals surface area contributed by atoms with E-state index in [9.17, 15) is 18.8 Å². The number of carbonyl (C=O) groups excluding carboxylic acids is 3. The lowest BCUT2D eigenvalue weighted by Gasteiger charge is -2.39. The minimum absolute atomic E-state index is 0.0749. The summed E-state index contributed by atoms with van der Waals surface area (Å²) in [5.74, 6) is -1.29. The van der Waals surface area contributed by atoms with Crippen LogP contribution in [0.4, 0.5) is 10.1 Å². The normalized spacial score (nSPS) is 18.6. The van der Waals surface area contributed by atoms with Gasteiger partial charge in [0, 0.05) is 25.8 Å². The second kappa shape index (κ2) is 7.63. The Morgan fingerprint density at radius 1 is 1.17 bits per heavy atom. The largest absolute Gasteiger partial charge is 0.375 e. The second-order valence-electron chi connectivity index (χ2n) is 7.02. The molecule has 1 atom stereocenters. The molecule has 0 radical (unpaired) electrons. The molecule has 0 aliphatic carbocycles. The monoisotopic (exact) mass is 397 g/mol. The van der Waals surface area contributed by atoms with Gasteiger partial charge in [0.15, 0.2) is 0 Å². The molecule has 2 heterocycles. The van der Waals surface area contributed by atoms with E-state index in [0.29, 0.717) is 28.9 Å². The molecule has 2 aromatic rings. The number of nitrogens with zero attached hydrogens (tertiary/aromatic N) is 2. The van der Waals surface area contributed by atoms with Crippen molar-refractivity contribution in [2.45, 2.75) is 6.04 Å². The number of halogens is 1. The highest BCUT2D eigenvalue weighted by atomic mass is 19.1. The highest BCUT2D eigenvalue weighted by molar-refractivity contribution is 6.10. The number of piperazine rings is 1. The number of benzene rings is 2. The lowest BCUT2D eigenvalue weighted by molar-refractivity contribution is -0.139. The summed E-state index contributed by atoms with van der Waals surface area (Å²) in [6.07, 6.45) is 0. The molecule has 7 nitrogen and oxygen atoms in total. The summed E-state index contributed by atoms with van der Waals surface area (Å²) in [7, 11) is 1.43. The number of methoxy groups -OCH3 is 1. The second-order valence-corrected chi connectivity index (χ2v) is 7.02. The average Bonchev–Trinajstić information content (AvgIpc) is 2.83. The molecule has 4 rings (SSSR count). The van der Waals surface area contributed by atoms with Crippen molar-refractivity contribution in [3.8, 4) is 11.1 Å². The fraction of sp³-hybridized carbons (Fsp3) is 0.286. The molecular formula is C21H20FN3O4. The number of ether oxygens (including phenoxy) is 1. The van der Waals surface area contributed by atoms with Crippen LogP contribution in [-0.4, -0.2) is 66.9 Å². The van der Waals surface area contributed by atoms with E-state index in [-0.39, 0.29) is 43.2 Å². The Hall–Kier alpha value is -3.26. The van der Waals surface area contributed by atoms with Crippen LogP contribution >= 0.6 is 0 Å². The molecule has 1 saturated heterocycles. The van der Waals surface area contributed by atoms with Gasteiger partial charge in [-0.25, -0.2) is 4.39 Å². The van der Waals surface area contributed by atoms with Crippen molar-refractivity contribution in [3.05, 3.63) is 53.8 Å². The first-order valence-corrected chi connectivity index (χ1v) is 9.27. The Morgan fingerprint density at radius 3 is 2.72 bits per heavy atom. The number of carbonyl (C=O) groups is 3. The molecular weight excluding hydrogens is 377 g/mol. The molecule has 1 unspecified atom stereocenters. The van der Waals surface area contributed by atoms with E-state index in [1.54, 1.807) is 36.4 Å². The molecule has 29 heavy (non-hydrogen) atoms. The van der Waals surface area contributed by atoms with Crippen molar-refractivity contribution in [1.29, 1.82) is 0 Å². The van der Waals surface area contributed by atoms with Gasteiger partial charge in [-0.05, 0) is 23.8 Å². The van der Waals surface area contributed by atoms with Crippen LogP contribution in [0.15, 0.2) is 42.5 Å². The number of nitrogens with one attached hydrogen (secondary N) is 1. The smallest absolute Gasteiger partial charge is 0.256 e.